The number of carbonyl (C=O) groups excluding carboxylic acids is 3. The summed E-state index contributed by atoms with van der Waals surface area (Å²) in [5, 5.41) is 20.8. The zero-order chi connectivity index (χ0) is 43.4. The van der Waals surface area contributed by atoms with Crippen LogP contribution in [0.2, 0.25) is 0 Å². The van der Waals surface area contributed by atoms with Crippen molar-refractivity contribution >= 4 is 28.5 Å². The zero-order valence-corrected chi connectivity index (χ0v) is 32.1. The number of rotatable bonds is 13. The van der Waals surface area contributed by atoms with Crippen LogP contribution in [0.1, 0.15) is 51.7 Å². The number of halogens is 6. The van der Waals surface area contributed by atoms with E-state index in [1.54, 1.807) is 24.3 Å². The normalized spacial score (nSPS) is 14.4. The molecule has 1 fully saturated rings. The average Bonchev–Trinajstić information content (AvgIpc) is 3.23. The van der Waals surface area contributed by atoms with Gasteiger partial charge in [-0.2, -0.15) is 18.3 Å². The third-order valence-electron chi connectivity index (χ3n) is 10.0. The highest BCUT2D eigenvalue weighted by molar-refractivity contribution is 5.95. The van der Waals surface area contributed by atoms with Gasteiger partial charge in [-0.1, -0.05) is 36.4 Å². The van der Waals surface area contributed by atoms with E-state index in [1.165, 1.54) is 40.1 Å². The standard InChI is InChI=1S/C41H38F6N6O7/c1-39(43,44)40(58,38(57)49-22-25-21-27(41(45,46)47)23-48-36(25)59-2)26-8-10-28(11-9-26)60-18-13-34(54)52-14-16-53(17-15-52)37(56)31-19-24(7-12-32(31)42)20-33-29-5-3-4-6-30(29)35(55)51-50-33/h3-12,19,21,23,58H,13-18,20,22H2,1-2H3,(H,49,57)(H,51,55)/t40-/m0/s1. The maximum absolute atomic E-state index is 14.9. The van der Waals surface area contributed by atoms with Gasteiger partial charge in [-0.25, -0.2) is 23.3 Å². The average molecular weight is 841 g/mol. The topological polar surface area (TPSA) is 167 Å². The number of hydrogen-bond donors (Lipinski definition) is 3. The number of alkyl halides is 5. The number of piperazine rings is 1. The molecule has 0 spiro atoms. The van der Waals surface area contributed by atoms with E-state index in [2.05, 4.69) is 15.2 Å². The van der Waals surface area contributed by atoms with Crippen molar-refractivity contribution in [3.8, 4) is 11.6 Å². The van der Waals surface area contributed by atoms with Crippen LogP contribution < -0.4 is 20.3 Å². The first-order valence-corrected chi connectivity index (χ1v) is 18.4. The Bertz CT molecular complexity index is 2450. The number of ether oxygens (including phenoxy) is 2. The summed E-state index contributed by atoms with van der Waals surface area (Å²) in [7, 11) is 1.12. The molecule has 13 nitrogen and oxygen atoms in total. The Morgan fingerprint density at radius 3 is 2.22 bits per heavy atom. The molecule has 3 aromatic carbocycles. The molecule has 0 aliphatic carbocycles. The predicted octanol–water partition coefficient (Wildman–Crippen LogP) is 4.99. The van der Waals surface area contributed by atoms with Gasteiger partial charge in [0.25, 0.3) is 23.3 Å². The summed E-state index contributed by atoms with van der Waals surface area (Å²) in [6.07, 6.45) is -4.15. The van der Waals surface area contributed by atoms with Crippen LogP contribution in [0.4, 0.5) is 26.3 Å². The number of amides is 3. The summed E-state index contributed by atoms with van der Waals surface area (Å²) < 4.78 is 94.9. The Kier molecular flexibility index (Phi) is 12.5. The van der Waals surface area contributed by atoms with E-state index in [4.69, 9.17) is 9.47 Å². The molecular weight excluding hydrogens is 802 g/mol. The molecule has 3 N–H and O–H groups in total. The van der Waals surface area contributed by atoms with Gasteiger partial charge in [-0.05, 0) is 47.5 Å². The van der Waals surface area contributed by atoms with Gasteiger partial charge in [-0.3, -0.25) is 19.2 Å². The Labute approximate surface area is 337 Å². The van der Waals surface area contributed by atoms with Crippen LogP contribution in [-0.2, 0) is 34.3 Å². The second-order valence-corrected chi connectivity index (χ2v) is 14.0. The lowest BCUT2D eigenvalue weighted by atomic mass is 9.87. The Morgan fingerprint density at radius 2 is 1.57 bits per heavy atom. The van der Waals surface area contributed by atoms with Crippen LogP contribution in [0.5, 0.6) is 11.6 Å². The third-order valence-corrected chi connectivity index (χ3v) is 10.0. The molecule has 2 aromatic heterocycles. The number of aromatic amines is 1. The fraction of sp³-hybridized carbons (Fsp3) is 0.317. The summed E-state index contributed by atoms with van der Waals surface area (Å²) in [5.41, 5.74) is -4.79. The van der Waals surface area contributed by atoms with E-state index in [0.717, 1.165) is 19.2 Å². The number of hydrogen-bond acceptors (Lipinski definition) is 9. The van der Waals surface area contributed by atoms with Crippen LogP contribution in [0.15, 0.2) is 83.8 Å². The molecule has 19 heteroatoms. The molecule has 0 saturated carbocycles. The minimum Gasteiger partial charge on any atom is -0.493 e. The van der Waals surface area contributed by atoms with Crippen LogP contribution in [0, 0.1) is 5.82 Å². The maximum Gasteiger partial charge on any atom is 0.417 e. The fourth-order valence-corrected chi connectivity index (χ4v) is 6.73. The maximum atomic E-state index is 14.9. The molecule has 3 heterocycles. The highest BCUT2D eigenvalue weighted by Gasteiger charge is 2.56. The van der Waals surface area contributed by atoms with Gasteiger partial charge < -0.3 is 29.7 Å². The molecule has 0 bridgehead atoms. The monoisotopic (exact) mass is 840 g/mol. The van der Waals surface area contributed by atoms with E-state index < -0.39 is 53.0 Å². The van der Waals surface area contributed by atoms with Crippen molar-refractivity contribution in [3.05, 3.63) is 129 Å². The Balaban J connectivity index is 1.01. The number of pyridine rings is 1. The van der Waals surface area contributed by atoms with Crippen LogP contribution in [-0.4, -0.2) is 93.6 Å². The number of aliphatic hydroxyl groups is 1. The lowest BCUT2D eigenvalue weighted by molar-refractivity contribution is -0.189. The van der Waals surface area contributed by atoms with Crippen molar-refractivity contribution in [2.45, 2.75) is 44.0 Å². The van der Waals surface area contributed by atoms with Gasteiger partial charge in [0, 0.05) is 63.2 Å². The first kappa shape index (κ1) is 43.1. The van der Waals surface area contributed by atoms with Crippen molar-refractivity contribution in [2.24, 2.45) is 0 Å². The number of aromatic nitrogens is 3. The summed E-state index contributed by atoms with van der Waals surface area (Å²) in [6, 6.07) is 16.2. The van der Waals surface area contributed by atoms with Gasteiger partial charge >= 0.3 is 6.18 Å². The summed E-state index contributed by atoms with van der Waals surface area (Å²) in [6.45, 7) is 0.0145. The number of methoxy groups -OCH3 is 1. The van der Waals surface area contributed by atoms with Crippen molar-refractivity contribution < 1.29 is 55.3 Å². The summed E-state index contributed by atoms with van der Waals surface area (Å²) in [5.74, 6) is -7.44. The molecule has 316 valence electrons. The fourth-order valence-electron chi connectivity index (χ4n) is 6.73. The van der Waals surface area contributed by atoms with Crippen LogP contribution in [0.3, 0.4) is 0 Å². The second-order valence-electron chi connectivity index (χ2n) is 14.0. The SMILES string of the molecule is COc1ncc(C(F)(F)F)cc1CNC(=O)[C@@](O)(c1ccc(OCCC(=O)N2CCN(C(=O)c3cc(Cc4n[nH]c(=O)c5ccccc45)ccc3F)CC2)cc1)C(C)(F)F. The van der Waals surface area contributed by atoms with E-state index >= 15 is 0 Å². The highest BCUT2D eigenvalue weighted by atomic mass is 19.4. The van der Waals surface area contributed by atoms with Crippen molar-refractivity contribution in [1.29, 1.82) is 0 Å². The molecule has 0 unspecified atom stereocenters. The minimum absolute atomic E-state index is 0.104. The van der Waals surface area contributed by atoms with E-state index in [0.29, 0.717) is 41.2 Å². The van der Waals surface area contributed by atoms with Crippen molar-refractivity contribution in [1.82, 2.24) is 30.3 Å². The lowest BCUT2D eigenvalue weighted by Gasteiger charge is -2.35. The number of nitrogens with one attached hydrogen (secondary N) is 2. The van der Waals surface area contributed by atoms with Crippen molar-refractivity contribution in [2.75, 3.05) is 39.9 Å². The zero-order valence-electron chi connectivity index (χ0n) is 32.1. The first-order chi connectivity index (χ1) is 28.4. The largest absolute Gasteiger partial charge is 0.493 e. The second kappa shape index (κ2) is 17.4. The molecule has 0 radical (unpaired) electrons. The predicted molar refractivity (Wildman–Crippen MR) is 203 cm³/mol. The van der Waals surface area contributed by atoms with E-state index in [9.17, 15) is 50.6 Å². The van der Waals surface area contributed by atoms with Crippen LogP contribution in [0.25, 0.3) is 10.8 Å². The first-order valence-electron chi connectivity index (χ1n) is 18.4. The van der Waals surface area contributed by atoms with Gasteiger partial charge in [0.05, 0.1) is 42.3 Å². The molecule has 6 rings (SSSR count). The Morgan fingerprint density at radius 1 is 0.900 bits per heavy atom. The van der Waals surface area contributed by atoms with Gasteiger partial charge in [0.1, 0.15) is 11.6 Å². The smallest absolute Gasteiger partial charge is 0.417 e. The molecule has 1 aliphatic rings. The molecule has 60 heavy (non-hydrogen) atoms. The van der Waals surface area contributed by atoms with Gasteiger partial charge in [0.15, 0.2) is 0 Å². The van der Waals surface area contributed by atoms with E-state index in [1.807, 2.05) is 5.32 Å². The molecule has 1 aliphatic heterocycles. The quantitative estimate of drug-likeness (QED) is 0.139. The molecule has 5 aromatic rings. The number of H-pyrrole nitrogens is 1. The number of benzene rings is 3. The minimum atomic E-state index is -4.78. The number of fused-ring (bicyclic) bond motifs is 1. The third kappa shape index (κ3) is 9.20. The summed E-state index contributed by atoms with van der Waals surface area (Å²) in [4.78, 5) is 58.1. The molecule has 1 saturated heterocycles. The van der Waals surface area contributed by atoms with E-state index in [-0.39, 0.29) is 79.9 Å². The lowest BCUT2D eigenvalue weighted by Crippen LogP contribution is -2.54. The number of carbonyl (C=O) groups is 3. The highest BCUT2D eigenvalue weighted by Crippen LogP contribution is 2.39. The molecule has 3 amide bonds. The summed E-state index contributed by atoms with van der Waals surface area (Å²) >= 11 is 0. The van der Waals surface area contributed by atoms with Gasteiger partial charge in [0.2, 0.25) is 17.4 Å². The Hall–Kier alpha value is -6.50. The van der Waals surface area contributed by atoms with Gasteiger partial charge in [-0.15, -0.1) is 0 Å². The molecular formula is C41H38F6N6O7. The number of nitrogens with zero attached hydrogens (tertiary/aromatic N) is 4. The van der Waals surface area contributed by atoms with Crippen molar-refractivity contribution in [3.63, 3.8) is 0 Å². The van der Waals surface area contributed by atoms with Crippen LogP contribution >= 0.6 is 0 Å². The molecule has 1 atom stereocenters.